The molecule has 1 rings (SSSR count). The molecule has 0 spiro atoms. The molecule has 2 unspecified atom stereocenters. The highest BCUT2D eigenvalue weighted by atomic mass is 16.2. The van der Waals surface area contributed by atoms with E-state index in [2.05, 4.69) is 10.2 Å². The number of amides is 1. The summed E-state index contributed by atoms with van der Waals surface area (Å²) in [5, 5.41) is 3.28. The molecule has 1 aliphatic rings. The minimum absolute atomic E-state index is 0.0344. The Hall–Kier alpha value is -0.610. The topological polar surface area (TPSA) is 35.6 Å². The molecule has 0 aromatic carbocycles. The normalized spacial score (nSPS) is 27.8. The summed E-state index contributed by atoms with van der Waals surface area (Å²) < 4.78 is 0. The Bertz CT molecular complexity index is 206. The Morgan fingerprint density at radius 1 is 1.50 bits per heavy atom. The Balaban J connectivity index is 2.48. The highest BCUT2D eigenvalue weighted by Gasteiger charge is 2.34. The predicted molar refractivity (Wildman–Crippen MR) is 56.9 cm³/mol. The van der Waals surface area contributed by atoms with Crippen LogP contribution in [0, 0.1) is 0 Å². The Morgan fingerprint density at radius 2 is 2.14 bits per heavy atom. The molecule has 0 aromatic heterocycles. The van der Waals surface area contributed by atoms with Gasteiger partial charge in [-0.2, -0.15) is 0 Å². The minimum Gasteiger partial charge on any atom is -0.325 e. The van der Waals surface area contributed by atoms with Gasteiger partial charge in [-0.15, -0.1) is 0 Å². The molecule has 1 heterocycles. The lowest BCUT2D eigenvalue weighted by Crippen LogP contribution is -2.39. The first-order chi connectivity index (χ1) is 6.56. The van der Waals surface area contributed by atoms with E-state index in [1.807, 2.05) is 32.8 Å². The minimum atomic E-state index is 0.0344. The first-order valence-corrected chi connectivity index (χ1v) is 5.27. The molecule has 4 heteroatoms. The van der Waals surface area contributed by atoms with Gasteiger partial charge in [0.2, 0.25) is 5.91 Å². The maximum atomic E-state index is 11.8. The average Bonchev–Trinajstić information content (AvgIpc) is 2.39. The van der Waals surface area contributed by atoms with Crippen LogP contribution in [0.25, 0.3) is 0 Å². The van der Waals surface area contributed by atoms with E-state index in [0.717, 1.165) is 19.5 Å². The summed E-state index contributed by atoms with van der Waals surface area (Å²) in [6.45, 7) is 5.83. The Kier molecular flexibility index (Phi) is 3.89. The molecule has 0 saturated carbocycles. The summed E-state index contributed by atoms with van der Waals surface area (Å²) >= 11 is 0. The first kappa shape index (κ1) is 11.5. The summed E-state index contributed by atoms with van der Waals surface area (Å²) in [5.74, 6) is 0.252. The third-order valence-corrected chi connectivity index (χ3v) is 2.69. The van der Waals surface area contributed by atoms with E-state index in [1.54, 1.807) is 0 Å². The third kappa shape index (κ3) is 2.45. The van der Waals surface area contributed by atoms with Crippen molar-refractivity contribution >= 4 is 5.91 Å². The van der Waals surface area contributed by atoms with Gasteiger partial charge in [-0.1, -0.05) is 6.92 Å². The summed E-state index contributed by atoms with van der Waals surface area (Å²) in [4.78, 5) is 15.8. The molecule has 1 fully saturated rings. The van der Waals surface area contributed by atoms with Crippen molar-refractivity contribution in [2.75, 3.05) is 27.2 Å². The fourth-order valence-electron chi connectivity index (χ4n) is 1.75. The van der Waals surface area contributed by atoms with Gasteiger partial charge in [0, 0.05) is 13.1 Å². The highest BCUT2D eigenvalue weighted by molar-refractivity contribution is 5.84. The summed E-state index contributed by atoms with van der Waals surface area (Å²) in [7, 11) is 4.05. The molecule has 1 saturated heterocycles. The van der Waals surface area contributed by atoms with Gasteiger partial charge in [0.05, 0.1) is 12.2 Å². The molecule has 1 N–H and O–H groups in total. The van der Waals surface area contributed by atoms with Gasteiger partial charge in [-0.3, -0.25) is 10.1 Å². The van der Waals surface area contributed by atoms with Gasteiger partial charge in [0.1, 0.15) is 0 Å². The van der Waals surface area contributed by atoms with E-state index in [9.17, 15) is 4.79 Å². The predicted octanol–water partition coefficient (Wildman–Crippen LogP) is 0.104. The van der Waals surface area contributed by atoms with Crippen LogP contribution in [0.2, 0.25) is 0 Å². The molecule has 14 heavy (non-hydrogen) atoms. The molecule has 82 valence electrons. The quantitative estimate of drug-likeness (QED) is 0.698. The van der Waals surface area contributed by atoms with E-state index < -0.39 is 0 Å². The van der Waals surface area contributed by atoms with Crippen LogP contribution < -0.4 is 5.32 Å². The van der Waals surface area contributed by atoms with Crippen molar-refractivity contribution in [2.45, 2.75) is 32.5 Å². The number of rotatable bonds is 4. The van der Waals surface area contributed by atoms with Gasteiger partial charge >= 0.3 is 0 Å². The maximum Gasteiger partial charge on any atom is 0.241 e. The SMILES string of the molecule is CCC1NC(C)N(CCN(C)C)C1=O. The van der Waals surface area contributed by atoms with Crippen LogP contribution in [0.15, 0.2) is 0 Å². The van der Waals surface area contributed by atoms with Gasteiger partial charge < -0.3 is 9.80 Å². The third-order valence-electron chi connectivity index (χ3n) is 2.69. The van der Waals surface area contributed by atoms with E-state index in [-0.39, 0.29) is 18.1 Å². The lowest BCUT2D eigenvalue weighted by Gasteiger charge is -2.22. The van der Waals surface area contributed by atoms with E-state index in [1.165, 1.54) is 0 Å². The molecular formula is C10H21N3O. The highest BCUT2D eigenvalue weighted by Crippen LogP contribution is 2.12. The fourth-order valence-corrected chi connectivity index (χ4v) is 1.75. The molecule has 0 aliphatic carbocycles. The van der Waals surface area contributed by atoms with Crippen LogP contribution in [0.4, 0.5) is 0 Å². The van der Waals surface area contributed by atoms with Gasteiger partial charge in [-0.05, 0) is 27.4 Å². The van der Waals surface area contributed by atoms with Crippen molar-refractivity contribution in [3.8, 4) is 0 Å². The molecular weight excluding hydrogens is 178 g/mol. The number of likely N-dealkylation sites (N-methyl/N-ethyl adjacent to an activating group) is 1. The standard InChI is InChI=1S/C10H21N3O/c1-5-9-10(14)13(8(2)11-9)7-6-12(3)4/h8-9,11H,5-7H2,1-4H3. The first-order valence-electron chi connectivity index (χ1n) is 5.27. The summed E-state index contributed by atoms with van der Waals surface area (Å²) in [6.07, 6.45) is 1.06. The number of carbonyl (C=O) groups is 1. The van der Waals surface area contributed by atoms with Crippen molar-refractivity contribution in [1.82, 2.24) is 15.1 Å². The van der Waals surface area contributed by atoms with Gasteiger partial charge in [0.15, 0.2) is 0 Å². The van der Waals surface area contributed by atoms with Crippen molar-refractivity contribution in [2.24, 2.45) is 0 Å². The molecule has 4 nitrogen and oxygen atoms in total. The number of nitrogens with zero attached hydrogens (tertiary/aromatic N) is 2. The molecule has 0 radical (unpaired) electrons. The summed E-state index contributed by atoms with van der Waals surface area (Å²) in [5.41, 5.74) is 0. The van der Waals surface area contributed by atoms with Crippen molar-refractivity contribution in [3.05, 3.63) is 0 Å². The molecule has 1 amide bonds. The number of carbonyl (C=O) groups excluding carboxylic acids is 1. The second kappa shape index (κ2) is 4.75. The Labute approximate surface area is 86.2 Å². The van der Waals surface area contributed by atoms with Crippen LogP contribution in [0.3, 0.4) is 0 Å². The van der Waals surface area contributed by atoms with Crippen LogP contribution in [0.5, 0.6) is 0 Å². The molecule has 2 atom stereocenters. The van der Waals surface area contributed by atoms with E-state index in [4.69, 9.17) is 0 Å². The lowest BCUT2D eigenvalue weighted by molar-refractivity contribution is -0.130. The average molecular weight is 199 g/mol. The fraction of sp³-hybridized carbons (Fsp3) is 0.900. The van der Waals surface area contributed by atoms with Crippen LogP contribution >= 0.6 is 0 Å². The van der Waals surface area contributed by atoms with Gasteiger partial charge in [0.25, 0.3) is 0 Å². The molecule has 0 bridgehead atoms. The van der Waals surface area contributed by atoms with Gasteiger partial charge in [-0.25, -0.2) is 0 Å². The second-order valence-corrected chi connectivity index (χ2v) is 4.14. The van der Waals surface area contributed by atoms with E-state index in [0.29, 0.717) is 0 Å². The smallest absolute Gasteiger partial charge is 0.241 e. The molecule has 1 aliphatic heterocycles. The largest absolute Gasteiger partial charge is 0.325 e. The van der Waals surface area contributed by atoms with Crippen molar-refractivity contribution < 1.29 is 4.79 Å². The monoisotopic (exact) mass is 199 g/mol. The zero-order valence-corrected chi connectivity index (χ0v) is 9.58. The van der Waals surface area contributed by atoms with Crippen molar-refractivity contribution in [1.29, 1.82) is 0 Å². The lowest BCUT2D eigenvalue weighted by atomic mass is 10.2. The van der Waals surface area contributed by atoms with Crippen LogP contribution in [-0.2, 0) is 4.79 Å². The zero-order chi connectivity index (χ0) is 10.7. The number of hydrogen-bond acceptors (Lipinski definition) is 3. The van der Waals surface area contributed by atoms with Crippen LogP contribution in [-0.4, -0.2) is 55.1 Å². The zero-order valence-electron chi connectivity index (χ0n) is 9.58. The maximum absolute atomic E-state index is 11.8. The van der Waals surface area contributed by atoms with E-state index >= 15 is 0 Å². The number of hydrogen-bond donors (Lipinski definition) is 1. The summed E-state index contributed by atoms with van der Waals surface area (Å²) in [6, 6.07) is 0.0344. The molecule has 0 aromatic rings. The van der Waals surface area contributed by atoms with Crippen molar-refractivity contribution in [3.63, 3.8) is 0 Å². The Morgan fingerprint density at radius 3 is 2.57 bits per heavy atom. The second-order valence-electron chi connectivity index (χ2n) is 4.14. The number of nitrogens with one attached hydrogen (secondary N) is 1. The van der Waals surface area contributed by atoms with Crippen LogP contribution in [0.1, 0.15) is 20.3 Å².